The van der Waals surface area contributed by atoms with Crippen LogP contribution in [-0.2, 0) is 16.0 Å². The van der Waals surface area contributed by atoms with Crippen LogP contribution in [-0.4, -0.2) is 55.1 Å². The maximum absolute atomic E-state index is 12.3. The van der Waals surface area contributed by atoms with E-state index in [0.29, 0.717) is 25.7 Å². The van der Waals surface area contributed by atoms with Crippen LogP contribution in [0.5, 0.6) is 0 Å². The Kier molecular flexibility index (Phi) is 5.11. The zero-order valence-electron chi connectivity index (χ0n) is 13.5. The van der Waals surface area contributed by atoms with Crippen molar-refractivity contribution in [3.63, 3.8) is 0 Å². The molecule has 120 valence electrons. The Morgan fingerprint density at radius 3 is 2.77 bits per heavy atom. The van der Waals surface area contributed by atoms with Crippen molar-refractivity contribution < 1.29 is 9.53 Å². The van der Waals surface area contributed by atoms with E-state index in [2.05, 4.69) is 36.1 Å². The van der Waals surface area contributed by atoms with Gasteiger partial charge in [-0.3, -0.25) is 9.69 Å². The average Bonchev–Trinajstić information content (AvgIpc) is 2.59. The molecule has 1 unspecified atom stereocenters. The van der Waals surface area contributed by atoms with Crippen LogP contribution in [0.2, 0.25) is 0 Å². The summed E-state index contributed by atoms with van der Waals surface area (Å²) in [4.78, 5) is 16.8. The minimum Gasteiger partial charge on any atom is -0.378 e. The van der Waals surface area contributed by atoms with Crippen molar-refractivity contribution in [1.82, 2.24) is 9.80 Å². The highest BCUT2D eigenvalue weighted by Gasteiger charge is 2.26. The van der Waals surface area contributed by atoms with Gasteiger partial charge in [-0.25, -0.2) is 0 Å². The first-order valence-corrected chi connectivity index (χ1v) is 8.47. The zero-order valence-corrected chi connectivity index (χ0v) is 13.5. The molecule has 0 spiro atoms. The zero-order chi connectivity index (χ0) is 15.4. The van der Waals surface area contributed by atoms with Gasteiger partial charge < -0.3 is 9.64 Å². The normalized spacial score (nSPS) is 22.4. The Balaban J connectivity index is 1.59. The number of rotatable bonds is 4. The number of hydrogen-bond acceptors (Lipinski definition) is 3. The number of ether oxygens (including phenoxy) is 1. The van der Waals surface area contributed by atoms with E-state index in [4.69, 9.17) is 4.74 Å². The summed E-state index contributed by atoms with van der Waals surface area (Å²) >= 11 is 0. The molecular formula is C18H26N2O2. The molecule has 1 fully saturated rings. The first kappa shape index (κ1) is 15.5. The van der Waals surface area contributed by atoms with Gasteiger partial charge in [0, 0.05) is 38.6 Å². The Labute approximate surface area is 133 Å². The molecule has 22 heavy (non-hydrogen) atoms. The van der Waals surface area contributed by atoms with Crippen LogP contribution in [0.4, 0.5) is 0 Å². The fourth-order valence-electron chi connectivity index (χ4n) is 3.66. The average molecular weight is 302 g/mol. The molecule has 0 bridgehead atoms. The predicted octanol–water partition coefficient (Wildman–Crippen LogP) is 2.24. The number of amides is 1. The van der Waals surface area contributed by atoms with Crippen LogP contribution in [0.25, 0.3) is 0 Å². The molecule has 0 aromatic heterocycles. The first-order valence-electron chi connectivity index (χ1n) is 8.47. The van der Waals surface area contributed by atoms with Gasteiger partial charge in [0.2, 0.25) is 5.91 Å². The quantitative estimate of drug-likeness (QED) is 0.855. The molecule has 0 radical (unpaired) electrons. The highest BCUT2D eigenvalue weighted by molar-refractivity contribution is 5.76. The summed E-state index contributed by atoms with van der Waals surface area (Å²) in [5.41, 5.74) is 2.93. The third-order valence-electron chi connectivity index (χ3n) is 4.89. The van der Waals surface area contributed by atoms with Crippen molar-refractivity contribution in [2.45, 2.75) is 32.2 Å². The number of benzene rings is 1. The topological polar surface area (TPSA) is 32.8 Å². The van der Waals surface area contributed by atoms with E-state index < -0.39 is 0 Å². The van der Waals surface area contributed by atoms with E-state index >= 15 is 0 Å². The Morgan fingerprint density at radius 2 is 2.00 bits per heavy atom. The summed E-state index contributed by atoms with van der Waals surface area (Å²) in [6.07, 6.45) is 2.82. The number of nitrogens with zero attached hydrogens (tertiary/aromatic N) is 2. The van der Waals surface area contributed by atoms with Crippen molar-refractivity contribution in [2.24, 2.45) is 0 Å². The van der Waals surface area contributed by atoms with Crippen LogP contribution in [0.3, 0.4) is 0 Å². The minimum absolute atomic E-state index is 0.275. The second kappa shape index (κ2) is 7.25. The van der Waals surface area contributed by atoms with Crippen LogP contribution in [0.15, 0.2) is 24.3 Å². The number of carbonyl (C=O) groups is 1. The van der Waals surface area contributed by atoms with Gasteiger partial charge in [0.15, 0.2) is 0 Å². The summed E-state index contributed by atoms with van der Waals surface area (Å²) in [5, 5.41) is 0. The standard InChI is InChI=1S/C18H26N2O2/c1-2-17-16-6-4-3-5-15(16)7-9-19(17)10-8-18(21)20-11-13-22-14-12-20/h3-6,17H,2,7-14H2,1H3. The van der Waals surface area contributed by atoms with Gasteiger partial charge in [-0.1, -0.05) is 31.2 Å². The molecule has 0 saturated carbocycles. The number of morpholine rings is 1. The van der Waals surface area contributed by atoms with Crippen LogP contribution < -0.4 is 0 Å². The molecule has 0 N–H and O–H groups in total. The molecule has 0 aliphatic carbocycles. The number of fused-ring (bicyclic) bond motifs is 1. The first-order chi connectivity index (χ1) is 10.8. The van der Waals surface area contributed by atoms with Gasteiger partial charge in [-0.05, 0) is 24.0 Å². The third-order valence-corrected chi connectivity index (χ3v) is 4.89. The molecule has 4 heteroatoms. The van der Waals surface area contributed by atoms with Gasteiger partial charge >= 0.3 is 0 Å². The lowest BCUT2D eigenvalue weighted by atomic mass is 9.91. The Hall–Kier alpha value is -1.39. The highest BCUT2D eigenvalue weighted by Crippen LogP contribution is 2.31. The molecule has 4 nitrogen and oxygen atoms in total. The van der Waals surface area contributed by atoms with Gasteiger partial charge in [0.1, 0.15) is 0 Å². The molecule has 2 heterocycles. The predicted molar refractivity (Wildman–Crippen MR) is 86.8 cm³/mol. The largest absolute Gasteiger partial charge is 0.378 e. The van der Waals surface area contributed by atoms with Gasteiger partial charge in [0.05, 0.1) is 13.2 Å². The van der Waals surface area contributed by atoms with E-state index in [-0.39, 0.29) is 5.91 Å². The molecule has 2 aliphatic rings. The van der Waals surface area contributed by atoms with Gasteiger partial charge in [0.25, 0.3) is 0 Å². The second-order valence-electron chi connectivity index (χ2n) is 6.15. The van der Waals surface area contributed by atoms with Crippen molar-refractivity contribution in [3.05, 3.63) is 35.4 Å². The van der Waals surface area contributed by atoms with E-state index in [1.807, 2.05) is 4.90 Å². The summed E-state index contributed by atoms with van der Waals surface area (Å²) in [5.74, 6) is 0.275. The molecule has 1 aromatic carbocycles. The van der Waals surface area contributed by atoms with Crippen LogP contribution in [0.1, 0.15) is 36.9 Å². The monoisotopic (exact) mass is 302 g/mol. The fourth-order valence-corrected chi connectivity index (χ4v) is 3.66. The van der Waals surface area contributed by atoms with Gasteiger partial charge in [-0.2, -0.15) is 0 Å². The Bertz CT molecular complexity index is 512. The van der Waals surface area contributed by atoms with E-state index in [0.717, 1.165) is 39.0 Å². The number of hydrogen-bond donors (Lipinski definition) is 0. The summed E-state index contributed by atoms with van der Waals surface area (Å²) in [6, 6.07) is 9.21. The lowest BCUT2D eigenvalue weighted by molar-refractivity contribution is -0.135. The molecule has 3 rings (SSSR count). The smallest absolute Gasteiger partial charge is 0.224 e. The van der Waals surface area contributed by atoms with Crippen LogP contribution >= 0.6 is 0 Å². The molecule has 1 atom stereocenters. The summed E-state index contributed by atoms with van der Waals surface area (Å²) in [6.45, 7) is 7.02. The minimum atomic E-state index is 0.275. The summed E-state index contributed by atoms with van der Waals surface area (Å²) in [7, 11) is 0. The molecule has 1 saturated heterocycles. The molecule has 2 aliphatic heterocycles. The lowest BCUT2D eigenvalue weighted by Gasteiger charge is -2.37. The van der Waals surface area contributed by atoms with E-state index in [1.165, 1.54) is 11.1 Å². The van der Waals surface area contributed by atoms with E-state index in [1.54, 1.807) is 0 Å². The van der Waals surface area contributed by atoms with Crippen molar-refractivity contribution in [3.8, 4) is 0 Å². The summed E-state index contributed by atoms with van der Waals surface area (Å²) < 4.78 is 5.31. The van der Waals surface area contributed by atoms with Crippen molar-refractivity contribution in [1.29, 1.82) is 0 Å². The molecule has 1 amide bonds. The SMILES string of the molecule is CCC1c2ccccc2CCN1CCC(=O)N1CCOCC1. The second-order valence-corrected chi connectivity index (χ2v) is 6.15. The maximum atomic E-state index is 12.3. The maximum Gasteiger partial charge on any atom is 0.224 e. The molecule has 1 aromatic rings. The molecular weight excluding hydrogens is 276 g/mol. The number of carbonyl (C=O) groups excluding carboxylic acids is 1. The lowest BCUT2D eigenvalue weighted by Crippen LogP contribution is -2.43. The van der Waals surface area contributed by atoms with Crippen molar-refractivity contribution >= 4 is 5.91 Å². The van der Waals surface area contributed by atoms with Gasteiger partial charge in [-0.15, -0.1) is 0 Å². The van der Waals surface area contributed by atoms with E-state index in [9.17, 15) is 4.79 Å². The fraction of sp³-hybridized carbons (Fsp3) is 0.611. The highest BCUT2D eigenvalue weighted by atomic mass is 16.5. The Morgan fingerprint density at radius 1 is 1.23 bits per heavy atom. The third kappa shape index (κ3) is 3.33. The van der Waals surface area contributed by atoms with Crippen LogP contribution in [0, 0.1) is 0 Å². The van der Waals surface area contributed by atoms with Crippen molar-refractivity contribution in [2.75, 3.05) is 39.4 Å².